The minimum atomic E-state index is -0.692. The molecular formula is C25H33N3O6. The van der Waals surface area contributed by atoms with Gasteiger partial charge in [0.1, 0.15) is 11.8 Å². The molecule has 2 aromatic rings. The van der Waals surface area contributed by atoms with Gasteiger partial charge in [-0.3, -0.25) is 19.7 Å². The molecule has 34 heavy (non-hydrogen) atoms. The Bertz CT molecular complexity index is 1010. The third kappa shape index (κ3) is 7.47. The monoisotopic (exact) mass is 471 g/mol. The number of ether oxygens (including phenoxy) is 2. The SMILES string of the molecule is CCC(C(=O)NC(C)(C)C)N(Cc1ccc(C)cc1)C(=O)COc1ccc([N+](=O)[O-])c(OC)c1. The molecular weight excluding hydrogens is 438 g/mol. The number of methoxy groups -OCH3 is 1. The fourth-order valence-electron chi connectivity index (χ4n) is 3.39. The maximum atomic E-state index is 13.3. The van der Waals surface area contributed by atoms with Crippen molar-refractivity contribution in [1.29, 1.82) is 0 Å². The average molecular weight is 472 g/mol. The lowest BCUT2D eigenvalue weighted by atomic mass is 10.1. The molecule has 0 fully saturated rings. The first-order valence-corrected chi connectivity index (χ1v) is 11.1. The van der Waals surface area contributed by atoms with Crippen molar-refractivity contribution < 1.29 is 24.0 Å². The van der Waals surface area contributed by atoms with Crippen LogP contribution in [0.4, 0.5) is 5.69 Å². The van der Waals surface area contributed by atoms with E-state index in [9.17, 15) is 19.7 Å². The Balaban J connectivity index is 2.26. The fraction of sp³-hybridized carbons (Fsp3) is 0.440. The second-order valence-corrected chi connectivity index (χ2v) is 9.05. The third-order valence-corrected chi connectivity index (χ3v) is 5.07. The van der Waals surface area contributed by atoms with Gasteiger partial charge in [0.2, 0.25) is 11.7 Å². The van der Waals surface area contributed by atoms with E-state index in [1.54, 1.807) is 0 Å². The van der Waals surface area contributed by atoms with E-state index in [1.807, 2.05) is 58.9 Å². The van der Waals surface area contributed by atoms with Gasteiger partial charge >= 0.3 is 5.69 Å². The van der Waals surface area contributed by atoms with E-state index in [1.165, 1.54) is 30.2 Å². The van der Waals surface area contributed by atoms with Crippen LogP contribution < -0.4 is 14.8 Å². The maximum absolute atomic E-state index is 13.3. The van der Waals surface area contributed by atoms with Crippen LogP contribution in [0.15, 0.2) is 42.5 Å². The number of aryl methyl sites for hydroxylation is 1. The second kappa shape index (κ2) is 11.5. The highest BCUT2D eigenvalue weighted by Gasteiger charge is 2.31. The number of carbonyl (C=O) groups is 2. The topological polar surface area (TPSA) is 111 Å². The van der Waals surface area contributed by atoms with Crippen molar-refractivity contribution in [3.05, 3.63) is 63.7 Å². The highest BCUT2D eigenvalue weighted by atomic mass is 16.6. The van der Waals surface area contributed by atoms with Crippen LogP contribution in [0, 0.1) is 17.0 Å². The van der Waals surface area contributed by atoms with Crippen LogP contribution in [0.5, 0.6) is 11.5 Å². The molecule has 0 radical (unpaired) electrons. The van der Waals surface area contributed by atoms with Crippen molar-refractivity contribution in [3.63, 3.8) is 0 Å². The standard InChI is InChI=1S/C25H33N3O6/c1-7-20(24(30)26-25(3,4)5)27(15-18-10-8-17(2)9-11-18)23(29)16-34-19-12-13-21(28(31)32)22(14-19)33-6/h8-14,20H,7,15-16H2,1-6H3,(H,26,30). The quantitative estimate of drug-likeness (QED) is 0.414. The summed E-state index contributed by atoms with van der Waals surface area (Å²) in [5, 5.41) is 14.1. The zero-order chi connectivity index (χ0) is 25.5. The highest BCUT2D eigenvalue weighted by molar-refractivity contribution is 5.88. The molecule has 0 spiro atoms. The van der Waals surface area contributed by atoms with Crippen LogP contribution in [-0.2, 0) is 16.1 Å². The van der Waals surface area contributed by atoms with E-state index in [-0.39, 0.29) is 42.2 Å². The molecule has 0 aliphatic heterocycles. The van der Waals surface area contributed by atoms with Gasteiger partial charge in [-0.2, -0.15) is 0 Å². The number of nitro benzene ring substituents is 1. The van der Waals surface area contributed by atoms with Crippen LogP contribution in [0.3, 0.4) is 0 Å². The maximum Gasteiger partial charge on any atom is 0.311 e. The number of amides is 2. The van der Waals surface area contributed by atoms with E-state index in [4.69, 9.17) is 9.47 Å². The summed E-state index contributed by atoms with van der Waals surface area (Å²) >= 11 is 0. The number of hydrogen-bond acceptors (Lipinski definition) is 6. The molecule has 184 valence electrons. The molecule has 0 aliphatic carbocycles. The molecule has 0 bridgehead atoms. The molecule has 9 nitrogen and oxygen atoms in total. The van der Waals surface area contributed by atoms with Gasteiger partial charge in [0.25, 0.3) is 5.91 Å². The van der Waals surface area contributed by atoms with E-state index < -0.39 is 16.5 Å². The largest absolute Gasteiger partial charge is 0.490 e. The van der Waals surface area contributed by atoms with E-state index >= 15 is 0 Å². The summed E-state index contributed by atoms with van der Waals surface area (Å²) < 4.78 is 10.7. The summed E-state index contributed by atoms with van der Waals surface area (Å²) in [5.74, 6) is -0.345. The number of hydrogen-bond donors (Lipinski definition) is 1. The Morgan fingerprint density at radius 1 is 1.15 bits per heavy atom. The lowest BCUT2D eigenvalue weighted by Gasteiger charge is -2.33. The van der Waals surface area contributed by atoms with Crippen LogP contribution in [0.25, 0.3) is 0 Å². The molecule has 0 saturated heterocycles. The van der Waals surface area contributed by atoms with Crippen molar-refractivity contribution in [2.24, 2.45) is 0 Å². The van der Waals surface area contributed by atoms with E-state index in [2.05, 4.69) is 5.32 Å². The summed E-state index contributed by atoms with van der Waals surface area (Å²) in [5.41, 5.74) is 1.33. The summed E-state index contributed by atoms with van der Waals surface area (Å²) in [6.07, 6.45) is 0.421. The van der Waals surface area contributed by atoms with Crippen molar-refractivity contribution in [2.45, 2.75) is 59.2 Å². The summed E-state index contributed by atoms with van der Waals surface area (Å²) in [6, 6.07) is 11.1. The van der Waals surface area contributed by atoms with Crippen LogP contribution in [-0.4, -0.2) is 46.9 Å². The van der Waals surface area contributed by atoms with Gasteiger partial charge in [-0.1, -0.05) is 36.8 Å². The fourth-order valence-corrected chi connectivity index (χ4v) is 3.39. The number of rotatable bonds is 10. The van der Waals surface area contributed by atoms with Gasteiger partial charge in [0.05, 0.1) is 12.0 Å². The number of carbonyl (C=O) groups excluding carboxylic acids is 2. The summed E-state index contributed by atoms with van der Waals surface area (Å²) in [6.45, 7) is 9.38. The summed E-state index contributed by atoms with van der Waals surface area (Å²) in [7, 11) is 1.32. The zero-order valence-corrected chi connectivity index (χ0v) is 20.6. The smallest absolute Gasteiger partial charge is 0.311 e. The van der Waals surface area contributed by atoms with Crippen molar-refractivity contribution in [1.82, 2.24) is 10.2 Å². The van der Waals surface area contributed by atoms with Gasteiger partial charge in [-0.25, -0.2) is 0 Å². The van der Waals surface area contributed by atoms with Gasteiger partial charge in [-0.05, 0) is 45.7 Å². The van der Waals surface area contributed by atoms with Crippen molar-refractivity contribution in [2.75, 3.05) is 13.7 Å². The van der Waals surface area contributed by atoms with Crippen molar-refractivity contribution in [3.8, 4) is 11.5 Å². The number of nitro groups is 1. The number of benzene rings is 2. The predicted molar refractivity (Wildman–Crippen MR) is 129 cm³/mol. The predicted octanol–water partition coefficient (Wildman–Crippen LogP) is 4.01. The molecule has 0 heterocycles. The first-order chi connectivity index (χ1) is 15.9. The Morgan fingerprint density at radius 2 is 1.79 bits per heavy atom. The molecule has 0 aromatic heterocycles. The minimum absolute atomic E-state index is 0.0300. The molecule has 1 N–H and O–H groups in total. The molecule has 1 unspecified atom stereocenters. The van der Waals surface area contributed by atoms with E-state index in [0.717, 1.165) is 11.1 Å². The first-order valence-electron chi connectivity index (χ1n) is 11.1. The minimum Gasteiger partial charge on any atom is -0.490 e. The molecule has 2 aromatic carbocycles. The molecule has 9 heteroatoms. The van der Waals surface area contributed by atoms with Gasteiger partial charge in [0.15, 0.2) is 6.61 Å². The van der Waals surface area contributed by atoms with Gasteiger partial charge < -0.3 is 19.7 Å². The molecule has 2 amide bonds. The molecule has 2 rings (SSSR count). The summed E-state index contributed by atoms with van der Waals surface area (Å²) in [4.78, 5) is 38.3. The average Bonchev–Trinajstić information content (AvgIpc) is 2.77. The lowest BCUT2D eigenvalue weighted by molar-refractivity contribution is -0.385. The Labute approximate surface area is 200 Å². The molecule has 0 saturated carbocycles. The normalized spacial score (nSPS) is 11.9. The highest BCUT2D eigenvalue weighted by Crippen LogP contribution is 2.30. The Morgan fingerprint density at radius 3 is 2.32 bits per heavy atom. The van der Waals surface area contributed by atoms with Crippen LogP contribution >= 0.6 is 0 Å². The first kappa shape index (κ1) is 26.6. The lowest BCUT2D eigenvalue weighted by Crippen LogP contribution is -2.54. The van der Waals surface area contributed by atoms with Crippen LogP contribution in [0.1, 0.15) is 45.2 Å². The third-order valence-electron chi connectivity index (χ3n) is 5.07. The van der Waals surface area contributed by atoms with Crippen LogP contribution in [0.2, 0.25) is 0 Å². The zero-order valence-electron chi connectivity index (χ0n) is 20.6. The Hall–Kier alpha value is -3.62. The number of nitrogens with one attached hydrogen (secondary N) is 1. The number of nitrogens with zero attached hydrogens (tertiary/aromatic N) is 2. The van der Waals surface area contributed by atoms with Gasteiger partial charge in [-0.15, -0.1) is 0 Å². The van der Waals surface area contributed by atoms with Crippen molar-refractivity contribution >= 4 is 17.5 Å². The molecule has 1 atom stereocenters. The molecule has 0 aliphatic rings. The second-order valence-electron chi connectivity index (χ2n) is 9.05. The van der Waals surface area contributed by atoms with Gasteiger partial charge in [0, 0.05) is 24.2 Å². The Kier molecular flexibility index (Phi) is 9.00. The van der Waals surface area contributed by atoms with E-state index in [0.29, 0.717) is 6.42 Å².